The topological polar surface area (TPSA) is 72.5 Å². The molecular weight excluding hydrogens is 362 g/mol. The summed E-state index contributed by atoms with van der Waals surface area (Å²) in [6.07, 6.45) is 5.59. The van der Waals surface area contributed by atoms with Crippen molar-refractivity contribution in [2.75, 3.05) is 12.9 Å². The van der Waals surface area contributed by atoms with Crippen LogP contribution in [0.1, 0.15) is 42.5 Å². The van der Waals surface area contributed by atoms with Crippen LogP contribution in [0.2, 0.25) is 0 Å². The number of amides is 1. The second-order valence-electron chi connectivity index (χ2n) is 7.02. The fraction of sp³-hybridized carbons (Fsp3) is 0.381. The molecule has 0 radical (unpaired) electrons. The molecule has 0 fully saturated rings. The molecular formula is C21H25NO4S. The van der Waals surface area contributed by atoms with Crippen LogP contribution in [0.25, 0.3) is 0 Å². The lowest BCUT2D eigenvalue weighted by atomic mass is 9.91. The monoisotopic (exact) mass is 387 g/mol. The Morgan fingerprint density at radius 2 is 1.81 bits per heavy atom. The second kappa shape index (κ2) is 8.13. The predicted octanol–water partition coefficient (Wildman–Crippen LogP) is 3.23. The van der Waals surface area contributed by atoms with Gasteiger partial charge in [0.05, 0.1) is 10.9 Å². The zero-order valence-corrected chi connectivity index (χ0v) is 16.5. The van der Waals surface area contributed by atoms with Gasteiger partial charge in [0.15, 0.2) is 16.4 Å². The molecule has 2 aromatic rings. The van der Waals surface area contributed by atoms with Gasteiger partial charge in [0, 0.05) is 6.26 Å². The Bertz CT molecular complexity index is 920. The van der Waals surface area contributed by atoms with E-state index in [9.17, 15) is 13.2 Å². The van der Waals surface area contributed by atoms with E-state index in [1.165, 1.54) is 23.8 Å². The van der Waals surface area contributed by atoms with E-state index in [1.54, 1.807) is 24.3 Å². The van der Waals surface area contributed by atoms with E-state index < -0.39 is 9.84 Å². The third-order valence-electron chi connectivity index (χ3n) is 4.90. The van der Waals surface area contributed by atoms with Gasteiger partial charge in [-0.25, -0.2) is 8.42 Å². The van der Waals surface area contributed by atoms with E-state index in [0.29, 0.717) is 0 Å². The van der Waals surface area contributed by atoms with E-state index in [4.69, 9.17) is 4.74 Å². The van der Waals surface area contributed by atoms with Crippen LogP contribution < -0.4 is 10.1 Å². The minimum Gasteiger partial charge on any atom is -0.483 e. The van der Waals surface area contributed by atoms with Crippen LogP contribution in [-0.4, -0.2) is 27.2 Å². The van der Waals surface area contributed by atoms with Gasteiger partial charge in [-0.3, -0.25) is 4.79 Å². The third-order valence-corrected chi connectivity index (χ3v) is 6.03. The summed E-state index contributed by atoms with van der Waals surface area (Å²) < 4.78 is 28.8. The molecule has 0 saturated heterocycles. The lowest BCUT2D eigenvalue weighted by Gasteiger charge is -2.20. The largest absolute Gasteiger partial charge is 0.483 e. The first-order valence-corrected chi connectivity index (χ1v) is 11.1. The van der Waals surface area contributed by atoms with Crippen molar-refractivity contribution in [3.8, 4) is 5.75 Å². The first-order chi connectivity index (χ1) is 12.8. The number of ether oxygens (including phenoxy) is 1. The van der Waals surface area contributed by atoms with Crippen LogP contribution in [0.15, 0.2) is 47.4 Å². The van der Waals surface area contributed by atoms with Crippen LogP contribution >= 0.6 is 0 Å². The Balaban J connectivity index is 1.58. The highest BCUT2D eigenvalue weighted by Crippen LogP contribution is 2.29. The van der Waals surface area contributed by atoms with E-state index in [0.717, 1.165) is 30.6 Å². The number of carbonyl (C=O) groups excluding carboxylic acids is 1. The smallest absolute Gasteiger partial charge is 0.258 e. The van der Waals surface area contributed by atoms with Gasteiger partial charge in [-0.05, 0) is 67.5 Å². The molecule has 1 aliphatic carbocycles. The second-order valence-corrected chi connectivity index (χ2v) is 9.04. The summed E-state index contributed by atoms with van der Waals surface area (Å²) in [5.41, 5.74) is 3.38. The van der Waals surface area contributed by atoms with Gasteiger partial charge >= 0.3 is 0 Å². The maximum absolute atomic E-state index is 12.3. The first-order valence-electron chi connectivity index (χ1n) is 9.17. The fourth-order valence-corrected chi connectivity index (χ4v) is 4.03. The highest BCUT2D eigenvalue weighted by atomic mass is 32.2. The van der Waals surface area contributed by atoms with Crippen molar-refractivity contribution < 1.29 is 17.9 Å². The Hall–Kier alpha value is -2.34. The molecule has 2 aromatic carbocycles. The van der Waals surface area contributed by atoms with Crippen molar-refractivity contribution in [1.82, 2.24) is 5.32 Å². The molecule has 0 unspecified atom stereocenters. The lowest BCUT2D eigenvalue weighted by Crippen LogP contribution is -2.31. The number of rotatable bonds is 6. The molecule has 1 aliphatic rings. The summed E-state index contributed by atoms with van der Waals surface area (Å²) in [7, 11) is -3.22. The Morgan fingerprint density at radius 3 is 2.52 bits per heavy atom. The van der Waals surface area contributed by atoms with Crippen molar-refractivity contribution in [1.29, 1.82) is 0 Å². The number of hydrogen-bond acceptors (Lipinski definition) is 4. The lowest BCUT2D eigenvalue weighted by molar-refractivity contribution is -0.123. The molecule has 0 saturated carbocycles. The number of benzene rings is 2. The maximum atomic E-state index is 12.3. The van der Waals surface area contributed by atoms with E-state index in [1.807, 2.05) is 19.1 Å². The normalized spacial score (nSPS) is 14.9. The molecule has 6 heteroatoms. The molecule has 0 spiro atoms. The predicted molar refractivity (Wildman–Crippen MR) is 105 cm³/mol. The van der Waals surface area contributed by atoms with Gasteiger partial charge in [0.25, 0.3) is 5.91 Å². The summed E-state index contributed by atoms with van der Waals surface area (Å²) in [6, 6.07) is 12.3. The third kappa shape index (κ3) is 4.89. The van der Waals surface area contributed by atoms with Crippen LogP contribution in [0.5, 0.6) is 5.75 Å². The Labute approximate surface area is 160 Å². The van der Waals surface area contributed by atoms with Gasteiger partial charge in [-0.1, -0.05) is 24.3 Å². The van der Waals surface area contributed by atoms with Crippen molar-refractivity contribution in [3.63, 3.8) is 0 Å². The Morgan fingerprint density at radius 1 is 1.11 bits per heavy atom. The van der Waals surface area contributed by atoms with Gasteiger partial charge in [0.1, 0.15) is 5.75 Å². The Kier molecular flexibility index (Phi) is 5.85. The van der Waals surface area contributed by atoms with Crippen LogP contribution in [0, 0.1) is 0 Å². The molecule has 5 nitrogen and oxygen atoms in total. The average Bonchev–Trinajstić information content (AvgIpc) is 2.65. The molecule has 1 amide bonds. The maximum Gasteiger partial charge on any atom is 0.258 e. The van der Waals surface area contributed by atoms with E-state index in [-0.39, 0.29) is 23.5 Å². The molecule has 27 heavy (non-hydrogen) atoms. The van der Waals surface area contributed by atoms with Gasteiger partial charge in [0.2, 0.25) is 0 Å². The number of hydrogen-bond donors (Lipinski definition) is 1. The van der Waals surface area contributed by atoms with Crippen molar-refractivity contribution in [3.05, 3.63) is 59.2 Å². The van der Waals surface area contributed by atoms with Crippen molar-refractivity contribution >= 4 is 15.7 Å². The van der Waals surface area contributed by atoms with E-state index in [2.05, 4.69) is 11.4 Å². The molecule has 144 valence electrons. The summed E-state index contributed by atoms with van der Waals surface area (Å²) in [5.74, 6) is 0.593. The number of fused-ring (bicyclic) bond motifs is 1. The SMILES string of the molecule is C[C@@H](NC(=O)COc1cccc2c1CCCC2)c1ccc(S(C)(=O)=O)cc1. The highest BCUT2D eigenvalue weighted by Gasteiger charge is 2.16. The summed E-state index contributed by atoms with van der Waals surface area (Å²) >= 11 is 0. The van der Waals surface area contributed by atoms with Crippen molar-refractivity contribution in [2.24, 2.45) is 0 Å². The van der Waals surface area contributed by atoms with Gasteiger partial charge in [-0.2, -0.15) is 0 Å². The van der Waals surface area contributed by atoms with Gasteiger partial charge < -0.3 is 10.1 Å². The zero-order valence-electron chi connectivity index (χ0n) is 15.7. The molecule has 0 bridgehead atoms. The fourth-order valence-electron chi connectivity index (χ4n) is 3.40. The number of sulfone groups is 1. The van der Waals surface area contributed by atoms with E-state index >= 15 is 0 Å². The summed E-state index contributed by atoms with van der Waals surface area (Å²) in [6.45, 7) is 1.82. The summed E-state index contributed by atoms with van der Waals surface area (Å²) in [4.78, 5) is 12.5. The minimum absolute atomic E-state index is 0.0395. The number of nitrogens with one attached hydrogen (secondary N) is 1. The van der Waals surface area contributed by atoms with Crippen LogP contribution in [0.3, 0.4) is 0 Å². The number of aryl methyl sites for hydroxylation is 1. The number of carbonyl (C=O) groups is 1. The highest BCUT2D eigenvalue weighted by molar-refractivity contribution is 7.90. The van der Waals surface area contributed by atoms with Gasteiger partial charge in [-0.15, -0.1) is 0 Å². The van der Waals surface area contributed by atoms with Crippen LogP contribution in [-0.2, 0) is 27.5 Å². The zero-order chi connectivity index (χ0) is 19.4. The molecule has 0 aliphatic heterocycles. The standard InChI is InChI=1S/C21H25NO4S/c1-15(16-10-12-18(13-11-16)27(2,24)25)22-21(23)14-26-20-9-5-7-17-6-3-4-8-19(17)20/h5,7,9-13,15H,3-4,6,8,14H2,1-2H3,(H,22,23)/t15-/m1/s1. The van der Waals surface area contributed by atoms with Crippen molar-refractivity contribution in [2.45, 2.75) is 43.5 Å². The molecule has 3 rings (SSSR count). The molecule has 1 N–H and O–H groups in total. The van der Waals surface area contributed by atoms with Crippen LogP contribution in [0.4, 0.5) is 0 Å². The summed E-state index contributed by atoms with van der Waals surface area (Å²) in [5, 5.41) is 2.89. The first kappa shape index (κ1) is 19.4. The molecule has 0 aromatic heterocycles. The average molecular weight is 388 g/mol. The molecule has 0 heterocycles. The quantitative estimate of drug-likeness (QED) is 0.826. The molecule has 1 atom stereocenters. The minimum atomic E-state index is -3.22.